The standard InChI is InChI=1S/C31H40ClN3O5S/c1-18-13-25(41-4)23(29(37)34-18)15-33-28(36)22-14-24(32)27-26(19(22)2)39-30(3,40-27)20-5-7-21(8-6-20)35-11-9-31(16-35)10-12-38-17-31/h13-14,20-21H,5-12,15-17H2,1-4H3,(H,33,36)(H,34,37). The molecule has 4 heterocycles. The smallest absolute Gasteiger partial charge is 0.254 e. The summed E-state index contributed by atoms with van der Waals surface area (Å²) in [6.45, 7) is 9.97. The van der Waals surface area contributed by atoms with Crippen LogP contribution in [0, 0.1) is 25.2 Å². The van der Waals surface area contributed by atoms with Gasteiger partial charge in [-0.05, 0) is 77.3 Å². The van der Waals surface area contributed by atoms with Crippen LogP contribution in [-0.2, 0) is 11.3 Å². The van der Waals surface area contributed by atoms with Crippen molar-refractivity contribution in [1.29, 1.82) is 0 Å². The van der Waals surface area contributed by atoms with E-state index >= 15 is 0 Å². The average Bonchev–Trinajstić information content (AvgIpc) is 3.69. The lowest BCUT2D eigenvalue weighted by Gasteiger charge is -2.40. The maximum absolute atomic E-state index is 13.3. The molecule has 0 bridgehead atoms. The van der Waals surface area contributed by atoms with Gasteiger partial charge < -0.3 is 24.5 Å². The Balaban J connectivity index is 1.12. The first kappa shape index (κ1) is 28.9. The van der Waals surface area contributed by atoms with E-state index in [1.807, 2.05) is 33.1 Å². The Morgan fingerprint density at radius 2 is 1.93 bits per heavy atom. The van der Waals surface area contributed by atoms with E-state index in [4.69, 9.17) is 25.8 Å². The normalized spacial score (nSPS) is 29.4. The summed E-state index contributed by atoms with van der Waals surface area (Å²) in [5.74, 6) is 0.127. The van der Waals surface area contributed by atoms with Crippen molar-refractivity contribution in [2.24, 2.45) is 11.3 Å². The molecule has 1 spiro atoms. The van der Waals surface area contributed by atoms with Gasteiger partial charge in [-0.3, -0.25) is 14.5 Å². The lowest BCUT2D eigenvalue weighted by molar-refractivity contribution is -0.124. The van der Waals surface area contributed by atoms with Crippen molar-refractivity contribution in [2.45, 2.75) is 82.6 Å². The molecule has 6 rings (SSSR count). The summed E-state index contributed by atoms with van der Waals surface area (Å²) in [7, 11) is 0. The molecular formula is C31H40ClN3O5S. The molecule has 222 valence electrons. The van der Waals surface area contributed by atoms with Crippen LogP contribution < -0.4 is 20.3 Å². The highest BCUT2D eigenvalue weighted by atomic mass is 35.5. The minimum Gasteiger partial charge on any atom is -0.448 e. The fourth-order valence-corrected chi connectivity index (χ4v) is 8.21. The van der Waals surface area contributed by atoms with Crippen molar-refractivity contribution in [3.8, 4) is 11.5 Å². The third-order valence-electron chi connectivity index (χ3n) is 9.78. The number of benzene rings is 1. The third kappa shape index (κ3) is 5.39. The average molecular weight is 602 g/mol. The number of nitrogens with zero attached hydrogens (tertiary/aromatic N) is 1. The van der Waals surface area contributed by atoms with Crippen LogP contribution in [0.5, 0.6) is 11.5 Å². The number of fused-ring (bicyclic) bond motifs is 1. The molecule has 1 aromatic carbocycles. The molecular weight excluding hydrogens is 562 g/mol. The number of H-pyrrole nitrogens is 1. The second kappa shape index (κ2) is 11.1. The minimum absolute atomic E-state index is 0.113. The van der Waals surface area contributed by atoms with Gasteiger partial charge in [0.05, 0.1) is 11.6 Å². The number of amides is 1. The number of thioether (sulfide) groups is 1. The zero-order chi connectivity index (χ0) is 28.9. The number of nitrogens with one attached hydrogen (secondary N) is 2. The van der Waals surface area contributed by atoms with Gasteiger partial charge in [-0.15, -0.1) is 11.8 Å². The highest BCUT2D eigenvalue weighted by Gasteiger charge is 2.49. The zero-order valence-electron chi connectivity index (χ0n) is 24.4. The van der Waals surface area contributed by atoms with E-state index in [2.05, 4.69) is 15.2 Å². The van der Waals surface area contributed by atoms with Gasteiger partial charge >= 0.3 is 0 Å². The third-order valence-corrected chi connectivity index (χ3v) is 10.9. The van der Waals surface area contributed by atoms with Crippen LogP contribution in [0.3, 0.4) is 0 Å². The number of rotatable bonds is 6. The number of carbonyl (C=O) groups excluding carboxylic acids is 1. The largest absolute Gasteiger partial charge is 0.448 e. The molecule has 1 amide bonds. The molecule has 10 heteroatoms. The van der Waals surface area contributed by atoms with Gasteiger partial charge in [-0.1, -0.05) is 11.6 Å². The van der Waals surface area contributed by atoms with Gasteiger partial charge in [0.2, 0.25) is 0 Å². The predicted octanol–water partition coefficient (Wildman–Crippen LogP) is 5.46. The van der Waals surface area contributed by atoms with Crippen LogP contribution >= 0.6 is 23.4 Å². The van der Waals surface area contributed by atoms with Crippen LogP contribution in [0.15, 0.2) is 21.8 Å². The molecule has 3 fully saturated rings. The van der Waals surface area contributed by atoms with E-state index in [9.17, 15) is 9.59 Å². The summed E-state index contributed by atoms with van der Waals surface area (Å²) >= 11 is 8.15. The summed E-state index contributed by atoms with van der Waals surface area (Å²) in [6.07, 6.45) is 8.63. The monoisotopic (exact) mass is 601 g/mol. The molecule has 3 aliphatic heterocycles. The van der Waals surface area contributed by atoms with E-state index in [0.717, 1.165) is 56.0 Å². The lowest BCUT2D eigenvalue weighted by atomic mass is 9.80. The first-order chi connectivity index (χ1) is 19.6. The van der Waals surface area contributed by atoms with Gasteiger partial charge in [-0.2, -0.15) is 0 Å². The first-order valence-corrected chi connectivity index (χ1v) is 16.3. The van der Waals surface area contributed by atoms with Crippen molar-refractivity contribution >= 4 is 29.3 Å². The van der Waals surface area contributed by atoms with Crippen LogP contribution in [-0.4, -0.2) is 60.2 Å². The number of aryl methyl sites for hydroxylation is 1. The summed E-state index contributed by atoms with van der Waals surface area (Å²) < 4.78 is 18.7. The lowest BCUT2D eigenvalue weighted by Crippen LogP contribution is -2.47. The first-order valence-electron chi connectivity index (χ1n) is 14.7. The van der Waals surface area contributed by atoms with Crippen molar-refractivity contribution in [3.63, 3.8) is 0 Å². The Morgan fingerprint density at radius 1 is 1.17 bits per heavy atom. The minimum atomic E-state index is -0.829. The van der Waals surface area contributed by atoms with Crippen molar-refractivity contribution in [1.82, 2.24) is 15.2 Å². The van der Waals surface area contributed by atoms with E-state index in [0.29, 0.717) is 44.7 Å². The fraction of sp³-hybridized carbons (Fsp3) is 0.613. The second-order valence-electron chi connectivity index (χ2n) is 12.4. The number of hydrogen-bond donors (Lipinski definition) is 2. The van der Waals surface area contributed by atoms with Gasteiger partial charge in [-0.25, -0.2) is 0 Å². The van der Waals surface area contributed by atoms with E-state index in [1.165, 1.54) is 31.1 Å². The maximum Gasteiger partial charge on any atom is 0.254 e. The van der Waals surface area contributed by atoms with Gasteiger partial charge in [0.25, 0.3) is 17.3 Å². The molecule has 2 unspecified atom stereocenters. The SMILES string of the molecule is CSc1cc(C)[nH]c(=O)c1CNC(=O)c1cc(Cl)c2c(c1C)OC(C)(C1CCC(N3CCC4(CCOC4)C3)CC1)O2. The number of carbonyl (C=O) groups is 1. The maximum atomic E-state index is 13.3. The molecule has 1 aromatic heterocycles. The van der Waals surface area contributed by atoms with Crippen molar-refractivity contribution in [3.05, 3.63) is 49.9 Å². The zero-order valence-corrected chi connectivity index (χ0v) is 25.9. The summed E-state index contributed by atoms with van der Waals surface area (Å²) in [5, 5.41) is 3.26. The molecule has 1 saturated carbocycles. The number of halogens is 1. The Morgan fingerprint density at radius 3 is 2.63 bits per heavy atom. The number of aromatic nitrogens is 1. The van der Waals surface area contributed by atoms with E-state index < -0.39 is 5.79 Å². The Labute approximate surface area is 250 Å². The Bertz CT molecular complexity index is 1400. The van der Waals surface area contributed by atoms with E-state index in [-0.39, 0.29) is 23.9 Å². The molecule has 41 heavy (non-hydrogen) atoms. The molecule has 2 atom stereocenters. The molecule has 0 radical (unpaired) electrons. The van der Waals surface area contributed by atoms with Crippen LogP contribution in [0.1, 0.15) is 72.6 Å². The number of hydrogen-bond acceptors (Lipinski definition) is 7. The summed E-state index contributed by atoms with van der Waals surface area (Å²) in [6, 6.07) is 4.16. The molecule has 8 nitrogen and oxygen atoms in total. The number of likely N-dealkylation sites (tertiary alicyclic amines) is 1. The number of aromatic amines is 1. The summed E-state index contributed by atoms with van der Waals surface area (Å²) in [4.78, 5) is 32.2. The molecule has 4 aliphatic rings. The second-order valence-corrected chi connectivity index (χ2v) is 13.7. The van der Waals surface area contributed by atoms with Crippen LogP contribution in [0.2, 0.25) is 5.02 Å². The molecule has 2 saturated heterocycles. The topological polar surface area (TPSA) is 92.9 Å². The quantitative estimate of drug-likeness (QED) is 0.425. The van der Waals surface area contributed by atoms with Crippen molar-refractivity contribution < 1.29 is 19.0 Å². The van der Waals surface area contributed by atoms with Crippen LogP contribution in [0.25, 0.3) is 0 Å². The fourth-order valence-electron chi connectivity index (χ4n) is 7.27. The summed E-state index contributed by atoms with van der Waals surface area (Å²) in [5.41, 5.74) is 2.60. The van der Waals surface area contributed by atoms with Gasteiger partial charge in [0.15, 0.2) is 11.5 Å². The molecule has 2 N–H and O–H groups in total. The van der Waals surface area contributed by atoms with Gasteiger partial charge in [0, 0.05) is 71.3 Å². The molecule has 1 aliphatic carbocycles. The Hall–Kier alpha value is -2.20. The van der Waals surface area contributed by atoms with Crippen LogP contribution in [0.4, 0.5) is 0 Å². The van der Waals surface area contributed by atoms with Crippen molar-refractivity contribution in [2.75, 3.05) is 32.6 Å². The number of pyridine rings is 1. The highest BCUT2D eigenvalue weighted by molar-refractivity contribution is 7.98. The number of ether oxygens (including phenoxy) is 3. The predicted molar refractivity (Wildman–Crippen MR) is 160 cm³/mol. The van der Waals surface area contributed by atoms with E-state index in [1.54, 1.807) is 6.07 Å². The Kier molecular flexibility index (Phi) is 7.85. The highest BCUT2D eigenvalue weighted by Crippen LogP contribution is 2.52. The van der Waals surface area contributed by atoms with Gasteiger partial charge in [0.1, 0.15) is 0 Å². The molecule has 2 aromatic rings.